The van der Waals surface area contributed by atoms with Crippen LogP contribution in [0, 0.1) is 51.4 Å². The summed E-state index contributed by atoms with van der Waals surface area (Å²) in [4.78, 5) is 48.3. The summed E-state index contributed by atoms with van der Waals surface area (Å²) in [6, 6.07) is 16.5. The molecule has 0 saturated carbocycles. The van der Waals surface area contributed by atoms with Crippen molar-refractivity contribution in [1.29, 1.82) is 0 Å². The van der Waals surface area contributed by atoms with Gasteiger partial charge in [0.1, 0.15) is 20.1 Å². The second-order valence-corrected chi connectivity index (χ2v) is 23.4. The van der Waals surface area contributed by atoms with Crippen molar-refractivity contribution in [3.63, 3.8) is 0 Å². The lowest BCUT2D eigenvalue weighted by Gasteiger charge is -2.15. The number of aromatic amines is 2. The van der Waals surface area contributed by atoms with Crippen LogP contribution in [0.5, 0.6) is 11.5 Å². The summed E-state index contributed by atoms with van der Waals surface area (Å²) in [6.45, 7) is 18.8. The Balaban J connectivity index is 1.13. The van der Waals surface area contributed by atoms with E-state index in [4.69, 9.17) is 43.9 Å². The summed E-state index contributed by atoms with van der Waals surface area (Å²) < 4.78 is 14.2. The molecule has 3 aromatic heterocycles. The summed E-state index contributed by atoms with van der Waals surface area (Å²) in [5.41, 5.74) is 15.4. The van der Waals surface area contributed by atoms with E-state index < -0.39 is 0 Å². The van der Waals surface area contributed by atoms with E-state index in [1.807, 2.05) is 63.3 Å². The minimum atomic E-state index is -0.269. The lowest BCUT2D eigenvalue weighted by molar-refractivity contribution is -0.126. The maximum atomic E-state index is 13.3. The Bertz CT molecular complexity index is 3530. The molecule has 10 nitrogen and oxygen atoms in total. The highest BCUT2D eigenvalue weighted by atomic mass is 32.2. The van der Waals surface area contributed by atoms with Gasteiger partial charge in [0, 0.05) is 35.2 Å². The van der Waals surface area contributed by atoms with Gasteiger partial charge in [0.15, 0.2) is 0 Å². The number of thiocarbonyl (C=S) groups is 2. The molecule has 0 spiro atoms. The zero-order chi connectivity index (χ0) is 55.0. The van der Waals surface area contributed by atoms with Crippen molar-refractivity contribution in [3.8, 4) is 35.2 Å². The highest BCUT2D eigenvalue weighted by Crippen LogP contribution is 2.37. The van der Waals surface area contributed by atoms with E-state index in [1.54, 1.807) is 9.80 Å². The molecular weight excluding hydrogens is 1050 g/mol. The number of aryl methyl sites for hydroxylation is 4. The molecule has 8 bridgehead atoms. The molecule has 2 amide bonds. The number of amides is 2. The lowest BCUT2D eigenvalue weighted by atomic mass is 9.99. The second kappa shape index (κ2) is 25.4. The first-order valence-corrected chi connectivity index (χ1v) is 29.7. The number of thioether (sulfide) groups is 2. The molecule has 2 aromatic carbocycles. The molecule has 4 aliphatic heterocycles. The molecule has 7 heterocycles. The Morgan fingerprint density at radius 2 is 1.18 bits per heavy atom. The maximum absolute atomic E-state index is 13.3. The number of carbonyl (C=O) groups is 2. The summed E-state index contributed by atoms with van der Waals surface area (Å²) in [5.74, 6) is 15.5. The van der Waals surface area contributed by atoms with Crippen LogP contribution in [0.25, 0.3) is 52.4 Å². The van der Waals surface area contributed by atoms with Gasteiger partial charge >= 0.3 is 0 Å². The minimum absolute atomic E-state index is 0.0626. The van der Waals surface area contributed by atoms with Gasteiger partial charge in [0.05, 0.1) is 73.9 Å². The van der Waals surface area contributed by atoms with E-state index in [2.05, 4.69) is 105 Å². The van der Waals surface area contributed by atoms with Gasteiger partial charge in [-0.25, -0.2) is 9.97 Å². The number of H-pyrrole nitrogens is 2. The zero-order valence-electron chi connectivity index (χ0n) is 45.8. The van der Waals surface area contributed by atoms with Gasteiger partial charge in [-0.05, 0) is 168 Å². The Morgan fingerprint density at radius 3 is 1.76 bits per heavy atom. The number of unbranched alkanes of at least 4 members (excludes halogenated alkanes) is 6. The first kappa shape index (κ1) is 56.1. The van der Waals surface area contributed by atoms with Gasteiger partial charge in [-0.2, -0.15) is 0 Å². The van der Waals surface area contributed by atoms with E-state index in [9.17, 15) is 9.59 Å². The minimum Gasteiger partial charge on any atom is -0.493 e. The number of rotatable bonds is 17. The quantitative estimate of drug-likeness (QED) is 0.0395. The van der Waals surface area contributed by atoms with Crippen molar-refractivity contribution >= 4 is 121 Å². The summed E-state index contributed by atoms with van der Waals surface area (Å²) in [5, 5.41) is -0.269. The number of likely N-dealkylation sites (N-methyl/N-ethyl adjacent to an activating group) is 1. The molecule has 2 saturated heterocycles. The Hall–Kier alpha value is -6.68. The van der Waals surface area contributed by atoms with Gasteiger partial charge in [-0.15, -0.1) is 0 Å². The largest absolute Gasteiger partial charge is 0.493 e. The summed E-state index contributed by atoms with van der Waals surface area (Å²) in [7, 11) is 0. The van der Waals surface area contributed by atoms with Crippen LogP contribution in [-0.2, 0) is 16.0 Å². The van der Waals surface area contributed by atoms with Crippen molar-refractivity contribution < 1.29 is 19.1 Å². The van der Waals surface area contributed by atoms with E-state index in [0.717, 1.165) is 135 Å². The van der Waals surface area contributed by atoms with Gasteiger partial charge < -0.3 is 19.4 Å². The van der Waals surface area contributed by atoms with Crippen molar-refractivity contribution in [2.24, 2.45) is 0 Å². The fourth-order valence-electron chi connectivity index (χ4n) is 9.71. The fraction of sp³-hybridized carbons (Fsp3) is 0.344. The number of nitrogens with one attached hydrogen (secondary N) is 2. The van der Waals surface area contributed by atoms with E-state index in [-0.39, 0.29) is 17.1 Å². The average molecular weight is 1110 g/mol. The SMILES string of the molecule is CCCCCCOc1cc(CC2SC(=S)N(CC)C2=O)c(C)cc1C#Cc1c2ccc([nH]2)c(C)c2nc(c(C#Cc3cc(OCCCCCC)c(/C=C4\SC(=S)N(CC)C4=O)cc3C)c3nc(c(C)c4ccc1[nH]4)C=C3)C=C2. The van der Waals surface area contributed by atoms with Crippen LogP contribution in [0.15, 0.2) is 53.4 Å². The van der Waals surface area contributed by atoms with Gasteiger partial charge in [-0.3, -0.25) is 19.4 Å². The van der Waals surface area contributed by atoms with E-state index in [0.29, 0.717) is 74.7 Å². The van der Waals surface area contributed by atoms with Crippen LogP contribution >= 0.6 is 48.0 Å². The number of hydrogen-bond acceptors (Lipinski definition) is 10. The van der Waals surface area contributed by atoms with Crippen molar-refractivity contribution in [2.45, 2.75) is 118 Å². The van der Waals surface area contributed by atoms with Gasteiger partial charge in [-0.1, -0.05) is 124 Å². The van der Waals surface area contributed by atoms with Crippen LogP contribution in [0.4, 0.5) is 0 Å². The number of hydrogen-bond donors (Lipinski definition) is 2. The van der Waals surface area contributed by atoms with Crippen LogP contribution < -0.4 is 9.47 Å². The Kier molecular flexibility index (Phi) is 18.3. The predicted octanol–water partition coefficient (Wildman–Crippen LogP) is 14.6. The number of nitrogens with zero attached hydrogens (tertiary/aromatic N) is 4. The van der Waals surface area contributed by atoms with Gasteiger partial charge in [0.25, 0.3) is 5.91 Å². The molecule has 0 radical (unpaired) electrons. The van der Waals surface area contributed by atoms with Gasteiger partial charge in [0.2, 0.25) is 5.91 Å². The number of fused-ring (bicyclic) bond motifs is 8. The third-order valence-corrected chi connectivity index (χ3v) is 17.4. The third kappa shape index (κ3) is 12.4. The molecule has 4 aliphatic rings. The smallest absolute Gasteiger partial charge is 0.266 e. The number of ether oxygens (including phenoxy) is 2. The van der Waals surface area contributed by atoms with E-state index >= 15 is 0 Å². The molecule has 400 valence electrons. The number of carbonyl (C=O) groups excluding carboxylic acids is 2. The molecule has 2 N–H and O–H groups in total. The summed E-state index contributed by atoms with van der Waals surface area (Å²) in [6.07, 6.45) is 19.1. The molecule has 1 atom stereocenters. The highest BCUT2D eigenvalue weighted by Gasteiger charge is 2.36. The van der Waals surface area contributed by atoms with Crippen molar-refractivity contribution in [3.05, 3.63) is 132 Å². The normalized spacial score (nSPS) is 15.4. The Labute approximate surface area is 478 Å². The predicted molar refractivity (Wildman–Crippen MR) is 333 cm³/mol. The number of benzene rings is 2. The Morgan fingerprint density at radius 1 is 0.615 bits per heavy atom. The number of aromatic nitrogens is 4. The fourth-order valence-corrected chi connectivity index (χ4v) is 12.7. The molecule has 9 rings (SSSR count). The average Bonchev–Trinajstić information content (AvgIpc) is 4.37. The van der Waals surface area contributed by atoms with Crippen LogP contribution in [0.3, 0.4) is 0 Å². The standard InChI is InChI=1S/C64H66N6O4S4/c1-9-13-15-17-31-73-57-36-45(37-59-61(71)69(11-3)63(75)77-59)40(6)33-44(57)20-22-48-55-29-25-51(67-55)41(7)49-23-27-53(65-49)47(54-28-24-50(66-54)42(8)52-26-30-56(48)68-52)21-19-43-35-58(74-32-18-16-14-10-2)46(34-39(43)5)38-60-62(72)70(12-4)64(76)78-60/h23-30,33-36,38,59,67-68H,9-18,31-32,37H2,1-8H3/b49-41?,50-42?,51-41?,52-42?,53-47?,54-47?,55-48?,56-48?,60-38-. The monoisotopic (exact) mass is 1110 g/mol. The molecule has 0 aliphatic carbocycles. The first-order valence-electron chi connectivity index (χ1n) is 27.2. The first-order chi connectivity index (χ1) is 37.8. The third-order valence-electron chi connectivity index (χ3n) is 14.4. The van der Waals surface area contributed by atoms with Crippen molar-refractivity contribution in [2.75, 3.05) is 26.3 Å². The molecule has 2 fully saturated rings. The summed E-state index contributed by atoms with van der Waals surface area (Å²) >= 11 is 13.9. The second-order valence-electron chi connectivity index (χ2n) is 19.9. The molecule has 1 unspecified atom stereocenters. The topological polar surface area (TPSA) is 116 Å². The van der Waals surface area contributed by atoms with Crippen LogP contribution in [-0.4, -0.2) is 81.7 Å². The molecule has 78 heavy (non-hydrogen) atoms. The molecular formula is C64H66N6O4S4. The molecule has 5 aromatic rings. The van der Waals surface area contributed by atoms with Crippen LogP contribution in [0.1, 0.15) is 157 Å². The van der Waals surface area contributed by atoms with E-state index in [1.165, 1.54) is 23.5 Å². The molecule has 14 heteroatoms. The van der Waals surface area contributed by atoms with Crippen LogP contribution in [0.2, 0.25) is 0 Å². The zero-order valence-corrected chi connectivity index (χ0v) is 49.1. The maximum Gasteiger partial charge on any atom is 0.266 e. The van der Waals surface area contributed by atoms with Crippen molar-refractivity contribution in [1.82, 2.24) is 29.7 Å². The lowest BCUT2D eigenvalue weighted by Crippen LogP contribution is -2.31. The highest BCUT2D eigenvalue weighted by molar-refractivity contribution is 8.26.